The smallest absolute Gasteiger partial charge is 0.169 e. The molecule has 0 saturated carbocycles. The molecular formula is C27H25NO4. The molecule has 0 saturated heterocycles. The lowest BCUT2D eigenvalue weighted by molar-refractivity contribution is 0.411. The maximum absolute atomic E-state index is 10.2. The van der Waals surface area contributed by atoms with Crippen molar-refractivity contribution in [2.45, 2.75) is 20.8 Å². The number of phenolic OH excluding ortho intramolecular Hbond substituents is 3. The van der Waals surface area contributed by atoms with Crippen LogP contribution in [-0.4, -0.2) is 15.3 Å². The predicted molar refractivity (Wildman–Crippen MR) is 127 cm³/mol. The fourth-order valence-electron chi connectivity index (χ4n) is 3.71. The number of benzene rings is 4. The van der Waals surface area contributed by atoms with Crippen LogP contribution in [0.2, 0.25) is 0 Å². The summed E-state index contributed by atoms with van der Waals surface area (Å²) in [6.45, 7) is 5.80. The number of hydrogen-bond acceptors (Lipinski definition) is 5. The average Bonchev–Trinajstić information content (AvgIpc) is 2.74. The summed E-state index contributed by atoms with van der Waals surface area (Å²) in [5.41, 5.74) is 5.35. The Morgan fingerprint density at radius 2 is 1.28 bits per heavy atom. The first-order valence-electron chi connectivity index (χ1n) is 10.3. The first-order valence-corrected chi connectivity index (χ1v) is 10.3. The van der Waals surface area contributed by atoms with E-state index in [-0.39, 0.29) is 17.2 Å². The Balaban J connectivity index is 1.83. The van der Waals surface area contributed by atoms with Gasteiger partial charge in [0.05, 0.1) is 0 Å². The first-order chi connectivity index (χ1) is 15.3. The maximum Gasteiger partial charge on any atom is 0.169 e. The Kier molecular flexibility index (Phi) is 5.65. The van der Waals surface area contributed by atoms with E-state index in [4.69, 9.17) is 4.74 Å². The van der Waals surface area contributed by atoms with E-state index in [2.05, 4.69) is 0 Å². The Morgan fingerprint density at radius 1 is 0.656 bits per heavy atom. The predicted octanol–water partition coefficient (Wildman–Crippen LogP) is 6.99. The molecule has 0 aliphatic heterocycles. The van der Waals surface area contributed by atoms with Crippen LogP contribution in [0, 0.1) is 20.8 Å². The third-order valence-corrected chi connectivity index (χ3v) is 5.26. The van der Waals surface area contributed by atoms with E-state index < -0.39 is 0 Å². The number of aryl methyl sites for hydroxylation is 3. The largest absolute Gasteiger partial charge is 0.508 e. The molecule has 5 nitrogen and oxygen atoms in total. The van der Waals surface area contributed by atoms with E-state index in [0.717, 1.165) is 33.8 Å². The highest BCUT2D eigenvalue weighted by atomic mass is 16.5. The van der Waals surface area contributed by atoms with Crippen molar-refractivity contribution in [1.82, 2.24) is 0 Å². The van der Waals surface area contributed by atoms with Crippen LogP contribution in [0.25, 0.3) is 0 Å². The van der Waals surface area contributed by atoms with Crippen LogP contribution in [0.4, 0.5) is 17.1 Å². The summed E-state index contributed by atoms with van der Waals surface area (Å²) in [6.07, 6.45) is 0. The molecule has 5 heteroatoms. The van der Waals surface area contributed by atoms with Gasteiger partial charge in [0, 0.05) is 23.1 Å². The molecule has 4 aromatic carbocycles. The molecule has 0 amide bonds. The van der Waals surface area contributed by atoms with Crippen molar-refractivity contribution in [2.24, 2.45) is 0 Å². The van der Waals surface area contributed by atoms with Gasteiger partial charge >= 0.3 is 0 Å². The molecule has 32 heavy (non-hydrogen) atoms. The molecule has 162 valence electrons. The van der Waals surface area contributed by atoms with Gasteiger partial charge in [-0.15, -0.1) is 0 Å². The number of anilines is 3. The highest BCUT2D eigenvalue weighted by Crippen LogP contribution is 2.41. The zero-order valence-electron chi connectivity index (χ0n) is 18.2. The normalized spacial score (nSPS) is 10.7. The van der Waals surface area contributed by atoms with E-state index in [1.807, 2.05) is 68.1 Å². The summed E-state index contributed by atoms with van der Waals surface area (Å²) < 4.78 is 5.99. The summed E-state index contributed by atoms with van der Waals surface area (Å²) in [5.74, 6) is 1.42. The monoisotopic (exact) mass is 427 g/mol. The maximum atomic E-state index is 10.2. The van der Waals surface area contributed by atoms with Crippen molar-refractivity contribution in [3.63, 3.8) is 0 Å². The van der Waals surface area contributed by atoms with E-state index in [1.165, 1.54) is 0 Å². The average molecular weight is 428 g/mol. The summed E-state index contributed by atoms with van der Waals surface area (Å²) >= 11 is 0. The summed E-state index contributed by atoms with van der Waals surface area (Å²) in [4.78, 5) is 2.05. The van der Waals surface area contributed by atoms with Crippen molar-refractivity contribution in [3.05, 3.63) is 95.6 Å². The van der Waals surface area contributed by atoms with Gasteiger partial charge in [-0.1, -0.05) is 12.1 Å². The second-order valence-corrected chi connectivity index (χ2v) is 7.85. The van der Waals surface area contributed by atoms with E-state index in [1.54, 1.807) is 36.4 Å². The number of aromatic hydroxyl groups is 3. The van der Waals surface area contributed by atoms with Crippen LogP contribution in [0.15, 0.2) is 78.9 Å². The van der Waals surface area contributed by atoms with Gasteiger partial charge in [-0.2, -0.15) is 0 Å². The molecule has 0 aromatic heterocycles. The van der Waals surface area contributed by atoms with Crippen LogP contribution in [0.1, 0.15) is 16.7 Å². The minimum absolute atomic E-state index is 0.0709. The summed E-state index contributed by atoms with van der Waals surface area (Å²) in [7, 11) is 0. The topological polar surface area (TPSA) is 73.2 Å². The van der Waals surface area contributed by atoms with Gasteiger partial charge in [-0.3, -0.25) is 0 Å². The summed E-state index contributed by atoms with van der Waals surface area (Å²) in [6, 6.07) is 23.2. The van der Waals surface area contributed by atoms with Crippen molar-refractivity contribution < 1.29 is 20.1 Å². The SMILES string of the molecule is Cc1ccc(O)c(Oc2cccc(N(c3ccc(O)cc3C)c3ccc(O)cc3C)c2)c1. The number of phenols is 3. The molecule has 0 atom stereocenters. The Morgan fingerprint density at radius 3 is 1.88 bits per heavy atom. The van der Waals surface area contributed by atoms with E-state index in [0.29, 0.717) is 11.5 Å². The van der Waals surface area contributed by atoms with Gasteiger partial charge in [0.1, 0.15) is 17.2 Å². The fraction of sp³-hybridized carbons (Fsp3) is 0.111. The third-order valence-electron chi connectivity index (χ3n) is 5.26. The second kappa shape index (κ2) is 8.55. The van der Waals surface area contributed by atoms with Crippen molar-refractivity contribution in [1.29, 1.82) is 0 Å². The highest BCUT2D eigenvalue weighted by molar-refractivity contribution is 5.81. The molecule has 0 aliphatic carbocycles. The van der Waals surface area contributed by atoms with E-state index >= 15 is 0 Å². The zero-order valence-corrected chi connectivity index (χ0v) is 18.2. The highest BCUT2D eigenvalue weighted by Gasteiger charge is 2.18. The van der Waals surface area contributed by atoms with Crippen LogP contribution in [0.5, 0.6) is 28.7 Å². The minimum Gasteiger partial charge on any atom is -0.508 e. The molecule has 3 N–H and O–H groups in total. The molecule has 0 heterocycles. The van der Waals surface area contributed by atoms with Crippen LogP contribution in [-0.2, 0) is 0 Å². The Hall–Kier alpha value is -4.12. The zero-order chi connectivity index (χ0) is 22.8. The number of nitrogens with zero attached hydrogens (tertiary/aromatic N) is 1. The number of ether oxygens (including phenoxy) is 1. The van der Waals surface area contributed by atoms with Crippen molar-refractivity contribution in [3.8, 4) is 28.7 Å². The quantitative estimate of drug-likeness (QED) is 0.320. The second-order valence-electron chi connectivity index (χ2n) is 7.85. The molecule has 0 unspecified atom stereocenters. The van der Waals surface area contributed by atoms with Gasteiger partial charge in [0.2, 0.25) is 0 Å². The third kappa shape index (κ3) is 4.32. The Bertz CT molecular complexity index is 1230. The fourth-order valence-corrected chi connectivity index (χ4v) is 3.71. The van der Waals surface area contributed by atoms with Crippen molar-refractivity contribution >= 4 is 17.1 Å². The lowest BCUT2D eigenvalue weighted by Gasteiger charge is -2.29. The first kappa shape index (κ1) is 21.1. The lowest BCUT2D eigenvalue weighted by Crippen LogP contribution is -2.12. The molecule has 0 fully saturated rings. The standard InChI is InChI=1S/C27H25NO4/c1-17-7-12-26(31)27(13-17)32-23-6-4-5-20(16-23)28(24-10-8-21(29)14-18(24)2)25-11-9-22(30)15-19(25)3/h4-16,29-31H,1-3H3. The molecule has 0 aliphatic rings. The van der Waals surface area contributed by atoms with Gasteiger partial charge in [-0.05, 0) is 98.1 Å². The van der Waals surface area contributed by atoms with Gasteiger partial charge in [0.25, 0.3) is 0 Å². The lowest BCUT2D eigenvalue weighted by atomic mass is 10.1. The minimum atomic E-state index is 0.0709. The van der Waals surface area contributed by atoms with E-state index in [9.17, 15) is 15.3 Å². The molecule has 0 bridgehead atoms. The molecule has 0 spiro atoms. The number of rotatable bonds is 5. The molecular weight excluding hydrogens is 402 g/mol. The van der Waals surface area contributed by atoms with Crippen LogP contribution < -0.4 is 9.64 Å². The molecule has 4 aromatic rings. The van der Waals surface area contributed by atoms with Gasteiger partial charge < -0.3 is 25.0 Å². The van der Waals surface area contributed by atoms with Crippen molar-refractivity contribution in [2.75, 3.05) is 4.90 Å². The van der Waals surface area contributed by atoms with Gasteiger partial charge in [0.15, 0.2) is 11.5 Å². The Labute approximate surface area is 187 Å². The molecule has 0 radical (unpaired) electrons. The summed E-state index contributed by atoms with van der Waals surface area (Å²) in [5, 5.41) is 30.0. The molecule has 4 rings (SSSR count). The van der Waals surface area contributed by atoms with Crippen LogP contribution >= 0.6 is 0 Å². The van der Waals surface area contributed by atoms with Gasteiger partial charge in [-0.25, -0.2) is 0 Å². The van der Waals surface area contributed by atoms with Crippen LogP contribution in [0.3, 0.4) is 0 Å². The number of hydrogen-bond donors (Lipinski definition) is 3.